The summed E-state index contributed by atoms with van der Waals surface area (Å²) in [5.74, 6) is 1.11. The average Bonchev–Trinajstić information content (AvgIpc) is 2.56. The molecule has 22 heavy (non-hydrogen) atoms. The quantitative estimate of drug-likeness (QED) is 0.566. The van der Waals surface area contributed by atoms with E-state index in [1.165, 1.54) is 0 Å². The third kappa shape index (κ3) is 2.96. The van der Waals surface area contributed by atoms with Crippen LogP contribution in [0.2, 0.25) is 0 Å². The fourth-order valence-corrected chi connectivity index (χ4v) is 2.16. The Morgan fingerprint density at radius 2 is 1.68 bits per heavy atom. The van der Waals surface area contributed by atoms with Gasteiger partial charge in [-0.05, 0) is 17.7 Å². The van der Waals surface area contributed by atoms with Gasteiger partial charge < -0.3 is 10.5 Å². The molecule has 0 aliphatic carbocycles. The molecule has 0 radical (unpaired) electrons. The van der Waals surface area contributed by atoms with E-state index in [1.54, 1.807) is 18.3 Å². The number of ether oxygens (including phenoxy) is 1. The van der Waals surface area contributed by atoms with Crippen LogP contribution >= 0.6 is 0 Å². The van der Waals surface area contributed by atoms with E-state index in [0.29, 0.717) is 17.2 Å². The summed E-state index contributed by atoms with van der Waals surface area (Å²) in [4.78, 5) is 4.18. The molecule has 1 heterocycles. The van der Waals surface area contributed by atoms with Crippen molar-refractivity contribution < 1.29 is 4.74 Å². The molecule has 1 aromatic heterocycles. The zero-order valence-corrected chi connectivity index (χ0v) is 11.9. The van der Waals surface area contributed by atoms with Crippen LogP contribution in [0.1, 0.15) is 5.56 Å². The number of pyridine rings is 1. The summed E-state index contributed by atoms with van der Waals surface area (Å²) >= 11 is 0. The Hall–Kier alpha value is -3.14. The molecule has 0 amide bonds. The number of nitrogen functional groups attached to an aromatic ring is 1. The third-order valence-corrected chi connectivity index (χ3v) is 3.23. The smallest absolute Gasteiger partial charge is 0.219 e. The molecule has 108 valence electrons. The van der Waals surface area contributed by atoms with Gasteiger partial charge in [0, 0.05) is 23.4 Å². The van der Waals surface area contributed by atoms with E-state index in [0.717, 1.165) is 11.1 Å². The first-order chi connectivity index (χ1) is 10.7. The lowest BCUT2D eigenvalue weighted by Crippen LogP contribution is -2.11. The number of hydrogen-bond acceptors (Lipinski definition) is 3. The van der Waals surface area contributed by atoms with E-state index in [1.807, 2.05) is 54.6 Å². The van der Waals surface area contributed by atoms with E-state index < -0.39 is 0 Å². The second-order valence-electron chi connectivity index (χ2n) is 4.76. The number of rotatable bonds is 4. The van der Waals surface area contributed by atoms with Gasteiger partial charge in [-0.2, -0.15) is 0 Å². The van der Waals surface area contributed by atoms with Crippen molar-refractivity contribution in [2.75, 3.05) is 0 Å². The summed E-state index contributed by atoms with van der Waals surface area (Å²) in [6.45, 7) is 0. The van der Waals surface area contributed by atoms with Crippen LogP contribution < -0.4 is 10.5 Å². The van der Waals surface area contributed by atoms with Crippen LogP contribution in [0, 0.1) is 5.41 Å². The number of amidine groups is 1. The molecule has 0 unspecified atom stereocenters. The zero-order chi connectivity index (χ0) is 15.4. The lowest BCUT2D eigenvalue weighted by Gasteiger charge is -2.11. The molecule has 0 bridgehead atoms. The first-order valence-corrected chi connectivity index (χ1v) is 6.87. The predicted octanol–water partition coefficient (Wildman–Crippen LogP) is 3.82. The number of aromatic nitrogens is 1. The standard InChI is InChI=1S/C18H15N3O/c19-18(20)14-10-11-21-17(12-14)22-16-9-5-4-8-15(16)13-6-2-1-3-7-13/h1-12H,(H3,19,20). The minimum absolute atomic E-state index is 0.0106. The van der Waals surface area contributed by atoms with Gasteiger partial charge in [0.05, 0.1) is 0 Å². The Morgan fingerprint density at radius 1 is 0.955 bits per heavy atom. The zero-order valence-electron chi connectivity index (χ0n) is 11.9. The normalized spacial score (nSPS) is 10.2. The summed E-state index contributed by atoms with van der Waals surface area (Å²) < 4.78 is 5.89. The molecule has 0 saturated carbocycles. The Kier molecular flexibility index (Phi) is 3.83. The molecule has 3 N–H and O–H groups in total. The molecule has 0 aliphatic rings. The van der Waals surface area contributed by atoms with E-state index in [4.69, 9.17) is 15.9 Å². The highest BCUT2D eigenvalue weighted by atomic mass is 16.5. The van der Waals surface area contributed by atoms with Crippen molar-refractivity contribution in [1.82, 2.24) is 4.98 Å². The molecule has 4 nitrogen and oxygen atoms in total. The molecule has 4 heteroatoms. The second kappa shape index (κ2) is 6.10. The van der Waals surface area contributed by atoms with Gasteiger partial charge in [0.2, 0.25) is 5.88 Å². The fraction of sp³-hybridized carbons (Fsp3) is 0. The maximum atomic E-state index is 7.48. The average molecular weight is 289 g/mol. The number of nitrogens with two attached hydrogens (primary N) is 1. The van der Waals surface area contributed by atoms with Crippen LogP contribution in [-0.4, -0.2) is 10.8 Å². The van der Waals surface area contributed by atoms with Crippen LogP contribution in [0.3, 0.4) is 0 Å². The van der Waals surface area contributed by atoms with Crippen molar-refractivity contribution in [3.63, 3.8) is 0 Å². The van der Waals surface area contributed by atoms with E-state index in [-0.39, 0.29) is 5.84 Å². The van der Waals surface area contributed by atoms with Crippen LogP contribution in [0.4, 0.5) is 0 Å². The highest BCUT2D eigenvalue weighted by Gasteiger charge is 2.08. The monoisotopic (exact) mass is 289 g/mol. The topological polar surface area (TPSA) is 72.0 Å². The van der Waals surface area contributed by atoms with Gasteiger partial charge in [0.1, 0.15) is 11.6 Å². The van der Waals surface area contributed by atoms with Crippen molar-refractivity contribution in [1.29, 1.82) is 5.41 Å². The van der Waals surface area contributed by atoms with Gasteiger partial charge >= 0.3 is 0 Å². The largest absolute Gasteiger partial charge is 0.438 e. The van der Waals surface area contributed by atoms with Gasteiger partial charge in [-0.15, -0.1) is 0 Å². The van der Waals surface area contributed by atoms with Crippen molar-refractivity contribution in [3.05, 3.63) is 78.5 Å². The maximum Gasteiger partial charge on any atom is 0.219 e. The fourth-order valence-electron chi connectivity index (χ4n) is 2.16. The Bertz CT molecular complexity index is 800. The van der Waals surface area contributed by atoms with E-state index in [9.17, 15) is 0 Å². The SMILES string of the molecule is N=C(N)c1ccnc(Oc2ccccc2-c2ccccc2)c1. The lowest BCUT2D eigenvalue weighted by molar-refractivity contribution is 0.464. The Balaban J connectivity index is 1.97. The van der Waals surface area contributed by atoms with Crippen LogP contribution in [-0.2, 0) is 0 Å². The highest BCUT2D eigenvalue weighted by molar-refractivity contribution is 5.95. The van der Waals surface area contributed by atoms with Gasteiger partial charge in [-0.25, -0.2) is 4.98 Å². The molecular formula is C18H15N3O. The number of nitrogens with one attached hydrogen (secondary N) is 1. The van der Waals surface area contributed by atoms with E-state index in [2.05, 4.69) is 4.98 Å². The summed E-state index contributed by atoms with van der Waals surface area (Å²) in [5.41, 5.74) is 8.14. The molecule has 3 rings (SSSR count). The first kappa shape index (κ1) is 13.8. The first-order valence-electron chi connectivity index (χ1n) is 6.87. The molecule has 2 aromatic carbocycles. The lowest BCUT2D eigenvalue weighted by atomic mass is 10.1. The number of nitrogens with zero attached hydrogens (tertiary/aromatic N) is 1. The summed E-state index contributed by atoms with van der Waals surface area (Å²) in [5, 5.41) is 7.48. The second-order valence-corrected chi connectivity index (χ2v) is 4.76. The summed E-state index contributed by atoms with van der Waals surface area (Å²) in [6, 6.07) is 21.1. The third-order valence-electron chi connectivity index (χ3n) is 3.23. The highest BCUT2D eigenvalue weighted by Crippen LogP contribution is 2.32. The Morgan fingerprint density at radius 3 is 2.45 bits per heavy atom. The van der Waals surface area contributed by atoms with Gasteiger partial charge in [-0.1, -0.05) is 48.5 Å². The molecule has 3 aromatic rings. The molecular weight excluding hydrogens is 274 g/mol. The molecule has 0 saturated heterocycles. The van der Waals surface area contributed by atoms with Gasteiger partial charge in [0.25, 0.3) is 0 Å². The van der Waals surface area contributed by atoms with Gasteiger partial charge in [0.15, 0.2) is 0 Å². The molecule has 0 spiro atoms. The maximum absolute atomic E-state index is 7.48. The minimum Gasteiger partial charge on any atom is -0.438 e. The van der Waals surface area contributed by atoms with E-state index >= 15 is 0 Å². The van der Waals surface area contributed by atoms with Crippen molar-refractivity contribution >= 4 is 5.84 Å². The molecule has 0 aliphatic heterocycles. The Labute approximate surface area is 128 Å². The predicted molar refractivity (Wildman–Crippen MR) is 87.2 cm³/mol. The van der Waals surface area contributed by atoms with Crippen molar-refractivity contribution in [2.45, 2.75) is 0 Å². The summed E-state index contributed by atoms with van der Waals surface area (Å²) in [6.07, 6.45) is 1.58. The summed E-state index contributed by atoms with van der Waals surface area (Å²) in [7, 11) is 0. The van der Waals surface area contributed by atoms with Crippen LogP contribution in [0.25, 0.3) is 11.1 Å². The number of hydrogen-bond donors (Lipinski definition) is 2. The minimum atomic E-state index is -0.0106. The van der Waals surface area contributed by atoms with Gasteiger partial charge in [-0.3, -0.25) is 5.41 Å². The number of para-hydroxylation sites is 1. The molecule has 0 atom stereocenters. The van der Waals surface area contributed by atoms with Crippen molar-refractivity contribution in [3.8, 4) is 22.8 Å². The van der Waals surface area contributed by atoms with Crippen molar-refractivity contribution in [2.24, 2.45) is 5.73 Å². The number of benzene rings is 2. The van der Waals surface area contributed by atoms with Crippen LogP contribution in [0.5, 0.6) is 11.6 Å². The molecule has 0 fully saturated rings. The van der Waals surface area contributed by atoms with Crippen LogP contribution in [0.15, 0.2) is 72.9 Å².